The fourth-order valence-corrected chi connectivity index (χ4v) is 1.73. The van der Waals surface area contributed by atoms with Crippen LogP contribution in [0.3, 0.4) is 0 Å². The fourth-order valence-electron chi connectivity index (χ4n) is 1.73. The third kappa shape index (κ3) is 2.10. The summed E-state index contributed by atoms with van der Waals surface area (Å²) in [6.07, 6.45) is 4.41. The zero-order chi connectivity index (χ0) is 9.97. The van der Waals surface area contributed by atoms with Gasteiger partial charge in [-0.1, -0.05) is 6.07 Å². The zero-order valence-electron chi connectivity index (χ0n) is 8.29. The number of carbonyl (C=O) groups is 1. The van der Waals surface area contributed by atoms with E-state index >= 15 is 0 Å². The van der Waals surface area contributed by atoms with Gasteiger partial charge in [0.05, 0.1) is 0 Å². The van der Waals surface area contributed by atoms with Crippen molar-refractivity contribution in [2.75, 3.05) is 0 Å². The lowest BCUT2D eigenvalue weighted by Gasteiger charge is -2.09. The van der Waals surface area contributed by atoms with E-state index in [1.165, 1.54) is 5.56 Å². The first-order valence-corrected chi connectivity index (χ1v) is 4.95. The van der Waals surface area contributed by atoms with Crippen molar-refractivity contribution in [1.82, 2.24) is 10.3 Å². The van der Waals surface area contributed by atoms with Gasteiger partial charge in [-0.2, -0.15) is 0 Å². The van der Waals surface area contributed by atoms with E-state index in [9.17, 15) is 4.79 Å². The second-order valence-corrected chi connectivity index (χ2v) is 3.82. The molecule has 0 radical (unpaired) electrons. The van der Waals surface area contributed by atoms with Crippen LogP contribution in [0.25, 0.3) is 0 Å². The van der Waals surface area contributed by atoms with E-state index < -0.39 is 0 Å². The van der Waals surface area contributed by atoms with Gasteiger partial charge in [-0.3, -0.25) is 9.78 Å². The average molecular weight is 190 g/mol. The Morgan fingerprint density at radius 2 is 2.43 bits per heavy atom. The Morgan fingerprint density at radius 1 is 1.57 bits per heavy atom. The number of carbonyl (C=O) groups excluding carboxylic acids is 1. The molecule has 1 atom stereocenters. The maximum absolute atomic E-state index is 11.0. The van der Waals surface area contributed by atoms with Crippen LogP contribution in [0, 0.1) is 6.92 Å². The van der Waals surface area contributed by atoms with Crippen molar-refractivity contribution in [3.05, 3.63) is 29.6 Å². The predicted octanol–water partition coefficient (Wildman–Crippen LogP) is 1.21. The maximum atomic E-state index is 11.0. The minimum absolute atomic E-state index is 0.176. The van der Waals surface area contributed by atoms with E-state index in [4.69, 9.17) is 0 Å². The van der Waals surface area contributed by atoms with Gasteiger partial charge in [-0.05, 0) is 31.4 Å². The number of nitrogens with zero attached hydrogens (tertiary/aromatic N) is 1. The largest absolute Gasteiger partial charge is 0.353 e. The van der Waals surface area contributed by atoms with Crippen molar-refractivity contribution >= 4 is 5.91 Å². The predicted molar refractivity (Wildman–Crippen MR) is 53.8 cm³/mol. The molecule has 1 aliphatic heterocycles. The summed E-state index contributed by atoms with van der Waals surface area (Å²) in [6, 6.07) is 4.39. The third-order valence-corrected chi connectivity index (χ3v) is 2.54. The standard InChI is InChI=1S/C11H14N2O/c1-8-2-3-9(7-12-8)6-10-4-5-11(14)13-10/h2-3,7,10H,4-6H2,1H3,(H,13,14). The number of amides is 1. The number of hydrogen-bond acceptors (Lipinski definition) is 2. The van der Waals surface area contributed by atoms with Gasteiger partial charge < -0.3 is 5.32 Å². The van der Waals surface area contributed by atoms with Crippen LogP contribution in [-0.2, 0) is 11.2 Å². The molecule has 1 aromatic heterocycles. The van der Waals surface area contributed by atoms with Crippen LogP contribution in [0.1, 0.15) is 24.1 Å². The number of aryl methyl sites for hydroxylation is 1. The normalized spacial score (nSPS) is 20.9. The van der Waals surface area contributed by atoms with E-state index in [1.54, 1.807) is 0 Å². The summed E-state index contributed by atoms with van der Waals surface area (Å²) in [6.45, 7) is 1.97. The summed E-state index contributed by atoms with van der Waals surface area (Å²) in [5.74, 6) is 0.176. The first-order chi connectivity index (χ1) is 6.74. The molecule has 0 spiro atoms. The van der Waals surface area contributed by atoms with Crippen LogP contribution in [0.2, 0.25) is 0 Å². The van der Waals surface area contributed by atoms with Crippen LogP contribution in [0.4, 0.5) is 0 Å². The van der Waals surface area contributed by atoms with Gasteiger partial charge in [0.25, 0.3) is 0 Å². The summed E-state index contributed by atoms with van der Waals surface area (Å²) in [4.78, 5) is 15.2. The second-order valence-electron chi connectivity index (χ2n) is 3.82. The van der Waals surface area contributed by atoms with Gasteiger partial charge in [-0.25, -0.2) is 0 Å². The van der Waals surface area contributed by atoms with Crippen molar-refractivity contribution in [2.45, 2.75) is 32.2 Å². The summed E-state index contributed by atoms with van der Waals surface area (Å²) in [5, 5.41) is 2.95. The molecule has 3 nitrogen and oxygen atoms in total. The molecule has 0 bridgehead atoms. The molecule has 1 aliphatic rings. The van der Waals surface area contributed by atoms with Gasteiger partial charge in [0, 0.05) is 24.4 Å². The minimum atomic E-state index is 0.176. The zero-order valence-corrected chi connectivity index (χ0v) is 8.29. The molecule has 1 unspecified atom stereocenters. The van der Waals surface area contributed by atoms with Gasteiger partial charge >= 0.3 is 0 Å². The summed E-state index contributed by atoms with van der Waals surface area (Å²) in [7, 11) is 0. The molecule has 1 amide bonds. The quantitative estimate of drug-likeness (QED) is 0.761. The first-order valence-electron chi connectivity index (χ1n) is 4.95. The first kappa shape index (κ1) is 9.19. The molecule has 1 saturated heterocycles. The molecule has 2 rings (SSSR count). The fraction of sp³-hybridized carbons (Fsp3) is 0.455. The summed E-state index contributed by atoms with van der Waals surface area (Å²) >= 11 is 0. The average Bonchev–Trinajstić information content (AvgIpc) is 2.56. The highest BCUT2D eigenvalue weighted by Crippen LogP contribution is 2.12. The Hall–Kier alpha value is -1.38. The van der Waals surface area contributed by atoms with Crippen LogP contribution in [0.5, 0.6) is 0 Å². The van der Waals surface area contributed by atoms with Crippen LogP contribution >= 0.6 is 0 Å². The molecular formula is C11H14N2O. The molecule has 14 heavy (non-hydrogen) atoms. The monoisotopic (exact) mass is 190 g/mol. The molecule has 0 aliphatic carbocycles. The van der Waals surface area contributed by atoms with Gasteiger partial charge in [0.1, 0.15) is 0 Å². The minimum Gasteiger partial charge on any atom is -0.353 e. The molecule has 0 aromatic carbocycles. The van der Waals surface area contributed by atoms with Gasteiger partial charge in [0.2, 0.25) is 5.91 Å². The van der Waals surface area contributed by atoms with Crippen molar-refractivity contribution in [3.8, 4) is 0 Å². The Bertz CT molecular complexity index is 332. The lowest BCUT2D eigenvalue weighted by atomic mass is 10.1. The van der Waals surface area contributed by atoms with Gasteiger partial charge in [-0.15, -0.1) is 0 Å². The number of pyridine rings is 1. The Balaban J connectivity index is 1.97. The Morgan fingerprint density at radius 3 is 3.00 bits per heavy atom. The molecule has 74 valence electrons. The molecule has 0 saturated carbocycles. The van der Waals surface area contributed by atoms with E-state index in [-0.39, 0.29) is 5.91 Å². The topological polar surface area (TPSA) is 42.0 Å². The summed E-state index contributed by atoms with van der Waals surface area (Å²) in [5.41, 5.74) is 2.23. The molecule has 1 N–H and O–H groups in total. The number of rotatable bonds is 2. The maximum Gasteiger partial charge on any atom is 0.220 e. The van der Waals surface area contributed by atoms with Crippen LogP contribution in [0.15, 0.2) is 18.3 Å². The Labute approximate surface area is 83.5 Å². The van der Waals surface area contributed by atoms with Crippen molar-refractivity contribution < 1.29 is 4.79 Å². The number of hydrogen-bond donors (Lipinski definition) is 1. The highest BCUT2D eigenvalue weighted by molar-refractivity contribution is 5.78. The van der Waals surface area contributed by atoms with Crippen molar-refractivity contribution in [2.24, 2.45) is 0 Å². The Kier molecular flexibility index (Phi) is 2.48. The van der Waals surface area contributed by atoms with Crippen LogP contribution in [-0.4, -0.2) is 16.9 Å². The summed E-state index contributed by atoms with van der Waals surface area (Å²) < 4.78 is 0. The third-order valence-electron chi connectivity index (χ3n) is 2.54. The van der Waals surface area contributed by atoms with Crippen molar-refractivity contribution in [1.29, 1.82) is 0 Å². The van der Waals surface area contributed by atoms with E-state index in [1.807, 2.05) is 19.2 Å². The van der Waals surface area contributed by atoms with E-state index in [0.717, 1.165) is 18.5 Å². The SMILES string of the molecule is Cc1ccc(CC2CCC(=O)N2)cn1. The number of aromatic nitrogens is 1. The lowest BCUT2D eigenvalue weighted by Crippen LogP contribution is -2.27. The highest BCUT2D eigenvalue weighted by atomic mass is 16.1. The molecular weight excluding hydrogens is 176 g/mol. The molecule has 1 aromatic rings. The lowest BCUT2D eigenvalue weighted by molar-refractivity contribution is -0.119. The van der Waals surface area contributed by atoms with E-state index in [2.05, 4.69) is 16.4 Å². The van der Waals surface area contributed by atoms with Crippen molar-refractivity contribution in [3.63, 3.8) is 0 Å². The molecule has 3 heteroatoms. The molecule has 2 heterocycles. The highest BCUT2D eigenvalue weighted by Gasteiger charge is 2.20. The van der Waals surface area contributed by atoms with E-state index in [0.29, 0.717) is 12.5 Å². The molecule has 1 fully saturated rings. The smallest absolute Gasteiger partial charge is 0.220 e. The van der Waals surface area contributed by atoms with Gasteiger partial charge in [0.15, 0.2) is 0 Å². The second kappa shape index (κ2) is 3.78. The number of nitrogens with one attached hydrogen (secondary N) is 1. The van der Waals surface area contributed by atoms with Crippen LogP contribution < -0.4 is 5.32 Å².